The van der Waals surface area contributed by atoms with Crippen molar-refractivity contribution in [1.82, 2.24) is 4.57 Å². The van der Waals surface area contributed by atoms with Gasteiger partial charge in [-0.2, -0.15) is 0 Å². The maximum atomic E-state index is 9.45. The van der Waals surface area contributed by atoms with Crippen LogP contribution in [0.3, 0.4) is 0 Å². The SMILES string of the molecule is C=CCc1n(CC=C)cc[n+]1C.CCOS(=O)(=O)[O-]. The van der Waals surface area contributed by atoms with Gasteiger partial charge in [0.05, 0.1) is 20.1 Å². The van der Waals surface area contributed by atoms with E-state index in [1.807, 2.05) is 25.4 Å². The molecule has 0 unspecified atom stereocenters. The number of hydrogen-bond donors (Lipinski definition) is 0. The Morgan fingerprint density at radius 3 is 2.47 bits per heavy atom. The molecule has 0 spiro atoms. The lowest BCUT2D eigenvalue weighted by molar-refractivity contribution is -0.678. The second kappa shape index (κ2) is 8.63. The van der Waals surface area contributed by atoms with Gasteiger partial charge in [0.1, 0.15) is 18.9 Å². The van der Waals surface area contributed by atoms with E-state index in [2.05, 4.69) is 32.7 Å². The summed E-state index contributed by atoms with van der Waals surface area (Å²) in [6.07, 6.45) is 8.81. The summed E-state index contributed by atoms with van der Waals surface area (Å²) in [5, 5.41) is 0. The van der Waals surface area contributed by atoms with Gasteiger partial charge in [-0.3, -0.25) is 4.18 Å². The standard InChI is InChI=1S/C10H15N2.C2H6O4S/c1-4-6-10-11(3)8-9-12(10)7-5-2;1-2-6-7(3,4)5/h4-5,8-9H,1-2,6-7H2,3H3;2H2,1H3,(H,3,4,5)/q+1;/p-1. The molecule has 19 heavy (non-hydrogen) atoms. The Bertz CT molecular complexity index is 506. The van der Waals surface area contributed by atoms with E-state index in [0.29, 0.717) is 0 Å². The Morgan fingerprint density at radius 2 is 2.11 bits per heavy atom. The van der Waals surface area contributed by atoms with E-state index in [1.165, 1.54) is 12.7 Å². The van der Waals surface area contributed by atoms with Gasteiger partial charge in [0, 0.05) is 0 Å². The van der Waals surface area contributed by atoms with Crippen molar-refractivity contribution in [2.75, 3.05) is 6.61 Å². The number of aromatic nitrogens is 2. The fourth-order valence-corrected chi connectivity index (χ4v) is 1.68. The van der Waals surface area contributed by atoms with Gasteiger partial charge in [-0.1, -0.05) is 18.7 Å². The number of imidazole rings is 1. The van der Waals surface area contributed by atoms with Gasteiger partial charge in [-0.25, -0.2) is 17.6 Å². The molecule has 1 aromatic rings. The lowest BCUT2D eigenvalue weighted by Crippen LogP contribution is -2.31. The van der Waals surface area contributed by atoms with E-state index in [1.54, 1.807) is 0 Å². The zero-order valence-corrected chi connectivity index (χ0v) is 12.1. The molecular formula is C12H20N2O4S. The Hall–Kier alpha value is -1.44. The first-order chi connectivity index (χ1) is 8.85. The minimum atomic E-state index is -4.42. The Balaban J connectivity index is 0.000000399. The molecule has 0 fully saturated rings. The number of rotatable bonds is 6. The summed E-state index contributed by atoms with van der Waals surface area (Å²) in [5.74, 6) is 1.25. The van der Waals surface area contributed by atoms with Crippen molar-refractivity contribution in [2.24, 2.45) is 7.05 Å². The molecule has 0 bridgehead atoms. The van der Waals surface area contributed by atoms with Crippen LogP contribution in [0.4, 0.5) is 0 Å². The first kappa shape index (κ1) is 17.6. The van der Waals surface area contributed by atoms with Crippen molar-refractivity contribution >= 4 is 10.4 Å². The van der Waals surface area contributed by atoms with Crippen LogP contribution in [-0.2, 0) is 34.6 Å². The minimum absolute atomic E-state index is 0.0914. The quantitative estimate of drug-likeness (QED) is 0.334. The molecule has 0 aliphatic heterocycles. The van der Waals surface area contributed by atoms with Crippen LogP contribution >= 0.6 is 0 Å². The average molecular weight is 288 g/mol. The van der Waals surface area contributed by atoms with E-state index in [9.17, 15) is 13.0 Å². The molecule has 0 saturated carbocycles. The monoisotopic (exact) mass is 288 g/mol. The van der Waals surface area contributed by atoms with Crippen molar-refractivity contribution in [3.05, 3.63) is 43.5 Å². The number of hydrogen-bond acceptors (Lipinski definition) is 4. The van der Waals surface area contributed by atoms with Crippen molar-refractivity contribution in [3.63, 3.8) is 0 Å². The van der Waals surface area contributed by atoms with Crippen LogP contribution in [0.15, 0.2) is 37.7 Å². The summed E-state index contributed by atoms with van der Waals surface area (Å²) in [5.41, 5.74) is 0. The van der Waals surface area contributed by atoms with E-state index in [0.717, 1.165) is 13.0 Å². The fourth-order valence-electron chi connectivity index (χ4n) is 1.40. The molecule has 0 radical (unpaired) electrons. The van der Waals surface area contributed by atoms with E-state index >= 15 is 0 Å². The summed E-state index contributed by atoms with van der Waals surface area (Å²) in [6, 6.07) is 0. The largest absolute Gasteiger partial charge is 0.726 e. The van der Waals surface area contributed by atoms with Crippen LogP contribution in [0.1, 0.15) is 12.7 Å². The van der Waals surface area contributed by atoms with Crippen LogP contribution in [0.25, 0.3) is 0 Å². The Morgan fingerprint density at radius 1 is 1.47 bits per heavy atom. The predicted molar refractivity (Wildman–Crippen MR) is 71.0 cm³/mol. The van der Waals surface area contributed by atoms with Crippen molar-refractivity contribution in [3.8, 4) is 0 Å². The summed E-state index contributed by atoms with van der Waals surface area (Å²) < 4.78 is 36.3. The van der Waals surface area contributed by atoms with Crippen molar-refractivity contribution in [2.45, 2.75) is 19.9 Å². The van der Waals surface area contributed by atoms with Crippen LogP contribution < -0.4 is 4.57 Å². The third-order valence-corrected chi connectivity index (χ3v) is 2.65. The average Bonchev–Trinajstić information content (AvgIpc) is 2.62. The van der Waals surface area contributed by atoms with Crippen LogP contribution in [0, 0.1) is 0 Å². The van der Waals surface area contributed by atoms with Crippen LogP contribution in [0.2, 0.25) is 0 Å². The van der Waals surface area contributed by atoms with E-state index in [4.69, 9.17) is 0 Å². The smallest absolute Gasteiger partial charge is 0.260 e. The third kappa shape index (κ3) is 7.55. The first-order valence-electron chi connectivity index (χ1n) is 5.71. The van der Waals surface area contributed by atoms with Gasteiger partial charge in [0.25, 0.3) is 5.82 Å². The van der Waals surface area contributed by atoms with Crippen molar-refractivity contribution in [1.29, 1.82) is 0 Å². The highest BCUT2D eigenvalue weighted by atomic mass is 32.3. The predicted octanol–water partition coefficient (Wildman–Crippen LogP) is 0.710. The number of allylic oxidation sites excluding steroid dienone is 2. The lowest BCUT2D eigenvalue weighted by Gasteiger charge is -2.02. The summed E-state index contributed by atoms with van der Waals surface area (Å²) in [4.78, 5) is 0. The fraction of sp³-hybridized carbons (Fsp3) is 0.417. The normalized spacial score (nSPS) is 10.5. The number of nitrogens with zero attached hydrogens (tertiary/aromatic N) is 2. The minimum Gasteiger partial charge on any atom is -0.726 e. The summed E-state index contributed by atoms with van der Waals surface area (Å²) >= 11 is 0. The van der Waals surface area contributed by atoms with Gasteiger partial charge in [0.15, 0.2) is 0 Å². The second-order valence-corrected chi connectivity index (χ2v) is 4.63. The van der Waals surface area contributed by atoms with Gasteiger partial charge in [-0.15, -0.1) is 6.58 Å². The molecule has 108 valence electrons. The van der Waals surface area contributed by atoms with Gasteiger partial charge in [0.2, 0.25) is 10.4 Å². The topological polar surface area (TPSA) is 75.2 Å². The third-order valence-electron chi connectivity index (χ3n) is 2.12. The first-order valence-corrected chi connectivity index (χ1v) is 7.04. The molecule has 0 aromatic carbocycles. The molecule has 0 saturated heterocycles. The molecule has 1 aromatic heterocycles. The van der Waals surface area contributed by atoms with Crippen molar-refractivity contribution < 1.29 is 21.7 Å². The molecule has 0 atom stereocenters. The molecule has 0 aliphatic carbocycles. The molecule has 0 amide bonds. The molecular weight excluding hydrogens is 268 g/mol. The van der Waals surface area contributed by atoms with Crippen LogP contribution in [-0.4, -0.2) is 24.1 Å². The zero-order valence-electron chi connectivity index (χ0n) is 11.3. The lowest BCUT2D eigenvalue weighted by atomic mass is 10.4. The maximum Gasteiger partial charge on any atom is 0.260 e. The molecule has 0 N–H and O–H groups in total. The molecule has 6 nitrogen and oxygen atoms in total. The van der Waals surface area contributed by atoms with E-state index in [-0.39, 0.29) is 6.61 Å². The highest BCUT2D eigenvalue weighted by Crippen LogP contribution is 1.96. The zero-order chi connectivity index (χ0) is 14.9. The summed E-state index contributed by atoms with van der Waals surface area (Å²) in [6.45, 7) is 9.64. The molecule has 1 heterocycles. The van der Waals surface area contributed by atoms with E-state index < -0.39 is 10.4 Å². The molecule has 1 rings (SSSR count). The van der Waals surface area contributed by atoms with Gasteiger partial charge in [-0.05, 0) is 6.92 Å². The maximum absolute atomic E-state index is 9.45. The van der Waals surface area contributed by atoms with Gasteiger partial charge >= 0.3 is 0 Å². The second-order valence-electron chi connectivity index (χ2n) is 3.57. The van der Waals surface area contributed by atoms with Gasteiger partial charge < -0.3 is 4.55 Å². The highest BCUT2D eigenvalue weighted by molar-refractivity contribution is 7.80. The highest BCUT2D eigenvalue weighted by Gasteiger charge is 2.10. The van der Waals surface area contributed by atoms with Crippen LogP contribution in [0.5, 0.6) is 0 Å². The number of aryl methyl sites for hydroxylation is 1. The molecule has 7 heteroatoms. The Labute approximate surface area is 114 Å². The molecule has 0 aliphatic rings. The summed E-state index contributed by atoms with van der Waals surface area (Å²) in [7, 11) is -2.38. The Kier molecular flexibility index (Phi) is 7.97.